The van der Waals surface area contributed by atoms with Gasteiger partial charge in [-0.3, -0.25) is 4.79 Å². The van der Waals surface area contributed by atoms with Gasteiger partial charge in [-0.25, -0.2) is 10.0 Å². The molecule has 0 aromatic heterocycles. The van der Waals surface area contributed by atoms with E-state index in [0.717, 1.165) is 0 Å². The summed E-state index contributed by atoms with van der Waals surface area (Å²) < 4.78 is 5.29. The molecule has 1 aromatic carbocycles. The monoisotopic (exact) mass is 270 g/mol. The van der Waals surface area contributed by atoms with Crippen molar-refractivity contribution in [3.05, 3.63) is 23.2 Å². The molecule has 100 valence electrons. The van der Waals surface area contributed by atoms with Gasteiger partial charge in [-0.05, 0) is 12.1 Å². The van der Waals surface area contributed by atoms with Gasteiger partial charge in [0.1, 0.15) is 11.4 Å². The third-order valence-electron chi connectivity index (χ3n) is 2.69. The zero-order valence-corrected chi connectivity index (χ0v) is 12.0. The highest BCUT2D eigenvalue weighted by molar-refractivity contribution is 6.34. The zero-order chi connectivity index (χ0) is 13.7. The van der Waals surface area contributed by atoms with Crippen LogP contribution in [0.15, 0.2) is 18.2 Å². The number of rotatable bonds is 5. The topological polar surface area (TPSA) is 32.8 Å². The van der Waals surface area contributed by atoms with Gasteiger partial charge in [-0.15, -0.1) is 0 Å². The number of carbonyl (C=O) groups excluding carboxylic acids is 1. The van der Waals surface area contributed by atoms with Crippen molar-refractivity contribution in [2.75, 3.05) is 25.2 Å². The highest BCUT2D eigenvalue weighted by Gasteiger charge is 2.23. The first kappa shape index (κ1) is 14.8. The van der Waals surface area contributed by atoms with E-state index in [1.54, 1.807) is 30.3 Å². The first-order chi connectivity index (χ1) is 8.56. The molecule has 1 rings (SSSR count). The third kappa shape index (κ3) is 2.94. The molecule has 0 radical (unpaired) electrons. The predicted octanol–water partition coefficient (Wildman–Crippen LogP) is 2.96. The minimum atomic E-state index is -0.0925. The van der Waals surface area contributed by atoms with E-state index in [-0.39, 0.29) is 5.91 Å². The second-order valence-corrected chi connectivity index (χ2v) is 4.17. The minimum absolute atomic E-state index is 0.0925. The van der Waals surface area contributed by atoms with E-state index in [1.807, 2.05) is 18.9 Å². The van der Waals surface area contributed by atoms with Gasteiger partial charge in [0.05, 0.1) is 12.1 Å². The number of carbonyl (C=O) groups is 1. The summed E-state index contributed by atoms with van der Waals surface area (Å²) in [7, 11) is 1.57. The Morgan fingerprint density at radius 3 is 2.39 bits per heavy atom. The fourth-order valence-electron chi connectivity index (χ4n) is 1.87. The molecule has 0 spiro atoms. The van der Waals surface area contributed by atoms with Crippen molar-refractivity contribution in [3.8, 4) is 5.75 Å². The number of nitrogens with zero attached hydrogens (tertiary/aromatic N) is 2. The number of hydrazine groups is 1. The first-order valence-corrected chi connectivity index (χ1v) is 6.32. The van der Waals surface area contributed by atoms with Gasteiger partial charge in [0, 0.05) is 20.0 Å². The van der Waals surface area contributed by atoms with Crippen LogP contribution in [0.5, 0.6) is 5.75 Å². The lowest BCUT2D eigenvalue weighted by molar-refractivity contribution is -0.119. The van der Waals surface area contributed by atoms with Gasteiger partial charge in [0.15, 0.2) is 0 Å². The molecule has 0 aliphatic heterocycles. The SMILES string of the molecule is CCN(CC)N(C(C)=O)c1c(Cl)cccc1OC. The van der Waals surface area contributed by atoms with Crippen LogP contribution in [0.3, 0.4) is 0 Å². The minimum Gasteiger partial charge on any atom is -0.494 e. The Morgan fingerprint density at radius 1 is 1.33 bits per heavy atom. The molecule has 0 bridgehead atoms. The molecule has 18 heavy (non-hydrogen) atoms. The lowest BCUT2D eigenvalue weighted by atomic mass is 10.2. The molecule has 1 aromatic rings. The Hall–Kier alpha value is -1.26. The van der Waals surface area contributed by atoms with Crippen molar-refractivity contribution < 1.29 is 9.53 Å². The summed E-state index contributed by atoms with van der Waals surface area (Å²) >= 11 is 6.20. The normalized spacial score (nSPS) is 10.6. The van der Waals surface area contributed by atoms with Crippen LogP contribution in [-0.4, -0.2) is 31.1 Å². The molecule has 0 saturated heterocycles. The average Bonchev–Trinajstić information content (AvgIpc) is 2.36. The molecule has 4 nitrogen and oxygen atoms in total. The molecule has 0 heterocycles. The van der Waals surface area contributed by atoms with Crippen LogP contribution in [0, 0.1) is 0 Å². The fourth-order valence-corrected chi connectivity index (χ4v) is 2.12. The molecule has 0 fully saturated rings. The van der Waals surface area contributed by atoms with E-state index in [2.05, 4.69) is 0 Å². The standard InChI is InChI=1S/C13H19ClN2O2/c1-5-15(6-2)16(10(3)17)13-11(14)8-7-9-12(13)18-4/h7-9H,5-6H2,1-4H3. The molecular formula is C13H19ClN2O2. The van der Waals surface area contributed by atoms with Crippen LogP contribution in [0.4, 0.5) is 5.69 Å². The van der Waals surface area contributed by atoms with E-state index in [1.165, 1.54) is 6.92 Å². The summed E-state index contributed by atoms with van der Waals surface area (Å²) in [4.78, 5) is 11.9. The van der Waals surface area contributed by atoms with E-state index in [9.17, 15) is 4.79 Å². The van der Waals surface area contributed by atoms with Crippen LogP contribution >= 0.6 is 11.6 Å². The number of benzene rings is 1. The molecule has 0 atom stereocenters. The van der Waals surface area contributed by atoms with Gasteiger partial charge in [0.25, 0.3) is 0 Å². The Morgan fingerprint density at radius 2 is 1.94 bits per heavy atom. The van der Waals surface area contributed by atoms with Crippen LogP contribution in [0.25, 0.3) is 0 Å². The average molecular weight is 271 g/mol. The van der Waals surface area contributed by atoms with E-state index in [0.29, 0.717) is 29.5 Å². The van der Waals surface area contributed by atoms with E-state index >= 15 is 0 Å². The van der Waals surface area contributed by atoms with Crippen molar-refractivity contribution in [1.29, 1.82) is 0 Å². The lowest BCUT2D eigenvalue weighted by Crippen LogP contribution is -2.46. The number of halogens is 1. The van der Waals surface area contributed by atoms with Crippen LogP contribution < -0.4 is 9.75 Å². The van der Waals surface area contributed by atoms with Gasteiger partial charge in [-0.1, -0.05) is 31.5 Å². The number of methoxy groups -OCH3 is 1. The van der Waals surface area contributed by atoms with Crippen molar-refractivity contribution in [2.24, 2.45) is 0 Å². The second-order valence-electron chi connectivity index (χ2n) is 3.76. The number of hydrogen-bond donors (Lipinski definition) is 0. The van der Waals surface area contributed by atoms with E-state index in [4.69, 9.17) is 16.3 Å². The molecular weight excluding hydrogens is 252 g/mol. The van der Waals surface area contributed by atoms with Gasteiger partial charge in [0.2, 0.25) is 5.91 Å². The highest BCUT2D eigenvalue weighted by Crippen LogP contribution is 2.36. The summed E-state index contributed by atoms with van der Waals surface area (Å²) in [6.45, 7) is 6.92. The number of hydrogen-bond acceptors (Lipinski definition) is 3. The third-order valence-corrected chi connectivity index (χ3v) is 3.00. The molecule has 0 saturated carbocycles. The Kier molecular flexibility index (Phi) is 5.44. The summed E-state index contributed by atoms with van der Waals surface area (Å²) in [5, 5.41) is 3.98. The number of para-hydroxylation sites is 1. The maximum atomic E-state index is 11.9. The first-order valence-electron chi connectivity index (χ1n) is 5.94. The molecule has 0 unspecified atom stereocenters. The van der Waals surface area contributed by atoms with Crippen molar-refractivity contribution in [2.45, 2.75) is 20.8 Å². The van der Waals surface area contributed by atoms with Crippen LogP contribution in [0.2, 0.25) is 5.02 Å². The highest BCUT2D eigenvalue weighted by atomic mass is 35.5. The molecule has 5 heteroatoms. The fraction of sp³-hybridized carbons (Fsp3) is 0.462. The Bertz CT molecular complexity index is 419. The van der Waals surface area contributed by atoms with E-state index < -0.39 is 0 Å². The van der Waals surface area contributed by atoms with Crippen molar-refractivity contribution >= 4 is 23.2 Å². The zero-order valence-electron chi connectivity index (χ0n) is 11.2. The summed E-state index contributed by atoms with van der Waals surface area (Å²) in [6, 6.07) is 5.34. The van der Waals surface area contributed by atoms with Crippen LogP contribution in [-0.2, 0) is 4.79 Å². The number of amides is 1. The Balaban J connectivity index is 3.33. The molecule has 1 amide bonds. The number of ether oxygens (including phenoxy) is 1. The number of anilines is 1. The van der Waals surface area contributed by atoms with Gasteiger partial charge >= 0.3 is 0 Å². The molecule has 0 aliphatic carbocycles. The lowest BCUT2D eigenvalue weighted by Gasteiger charge is -2.33. The van der Waals surface area contributed by atoms with Crippen molar-refractivity contribution in [3.63, 3.8) is 0 Å². The maximum Gasteiger partial charge on any atom is 0.238 e. The molecule has 0 aliphatic rings. The summed E-state index contributed by atoms with van der Waals surface area (Å²) in [5.74, 6) is 0.495. The predicted molar refractivity (Wildman–Crippen MR) is 74.1 cm³/mol. The second kappa shape index (κ2) is 6.61. The van der Waals surface area contributed by atoms with Crippen molar-refractivity contribution in [1.82, 2.24) is 5.01 Å². The van der Waals surface area contributed by atoms with Gasteiger partial charge < -0.3 is 4.74 Å². The Labute approximate surface area is 113 Å². The largest absolute Gasteiger partial charge is 0.494 e. The smallest absolute Gasteiger partial charge is 0.238 e. The van der Waals surface area contributed by atoms with Gasteiger partial charge in [-0.2, -0.15) is 0 Å². The summed E-state index contributed by atoms with van der Waals surface area (Å²) in [5.41, 5.74) is 0.595. The quantitative estimate of drug-likeness (QED) is 0.771. The molecule has 0 N–H and O–H groups in total. The summed E-state index contributed by atoms with van der Waals surface area (Å²) in [6.07, 6.45) is 0. The van der Waals surface area contributed by atoms with Crippen LogP contribution in [0.1, 0.15) is 20.8 Å². The maximum absolute atomic E-state index is 11.9.